The Bertz CT molecular complexity index is 1140. The number of rotatable bonds is 4. The van der Waals surface area contributed by atoms with E-state index in [0.29, 0.717) is 13.2 Å². The van der Waals surface area contributed by atoms with Crippen molar-refractivity contribution in [2.45, 2.75) is 70.2 Å². The van der Waals surface area contributed by atoms with Crippen molar-refractivity contribution in [3.05, 3.63) is 34.5 Å². The summed E-state index contributed by atoms with van der Waals surface area (Å²) >= 11 is 0. The Morgan fingerprint density at radius 2 is 1.87 bits per heavy atom. The fraction of sp³-hybridized carbons (Fsp3) is 0.545. The zero-order valence-electron chi connectivity index (χ0n) is 18.0. The van der Waals surface area contributed by atoms with Crippen LogP contribution in [0.3, 0.4) is 0 Å². The lowest BCUT2D eigenvalue weighted by Gasteiger charge is -2.33. The number of anilines is 1. The molecule has 2 N–H and O–H groups in total. The highest BCUT2D eigenvalue weighted by Crippen LogP contribution is 2.39. The number of carbonyl (C=O) groups is 1. The first-order valence-corrected chi connectivity index (χ1v) is 12.5. The van der Waals surface area contributed by atoms with Crippen LogP contribution >= 0.6 is 0 Å². The molecule has 2 aromatic rings. The van der Waals surface area contributed by atoms with Crippen LogP contribution in [0, 0.1) is 5.41 Å². The number of aryl methyl sites for hydroxylation is 2. The van der Waals surface area contributed by atoms with Gasteiger partial charge in [0.15, 0.2) is 4.90 Å². The van der Waals surface area contributed by atoms with Crippen LogP contribution in [0.15, 0.2) is 17.2 Å². The third kappa shape index (κ3) is 3.48. The molecular formula is C22H28N4O4S. The Labute approximate surface area is 182 Å². The van der Waals surface area contributed by atoms with Crippen LogP contribution < -0.4 is 14.8 Å². The summed E-state index contributed by atoms with van der Waals surface area (Å²) in [5, 5.41) is 7.06. The van der Waals surface area contributed by atoms with Gasteiger partial charge < -0.3 is 10.1 Å². The summed E-state index contributed by atoms with van der Waals surface area (Å²) in [5.41, 5.74) is 5.56. The highest BCUT2D eigenvalue weighted by molar-refractivity contribution is 7.90. The number of nitrogens with zero attached hydrogens (tertiary/aromatic N) is 2. The number of urea groups is 1. The number of fused-ring (bicyclic) bond motifs is 3. The predicted octanol–water partition coefficient (Wildman–Crippen LogP) is 3.18. The molecule has 9 heteroatoms. The number of benzene rings is 1. The summed E-state index contributed by atoms with van der Waals surface area (Å²) in [4.78, 5) is 12.7. The highest BCUT2D eigenvalue weighted by Gasteiger charge is 2.36. The molecule has 1 aromatic heterocycles. The lowest BCUT2D eigenvalue weighted by Crippen LogP contribution is -2.37. The van der Waals surface area contributed by atoms with Crippen molar-refractivity contribution in [3.8, 4) is 5.88 Å². The molecule has 8 nitrogen and oxygen atoms in total. The Morgan fingerprint density at radius 1 is 1.19 bits per heavy atom. The van der Waals surface area contributed by atoms with E-state index in [4.69, 9.17) is 4.74 Å². The van der Waals surface area contributed by atoms with Crippen molar-refractivity contribution in [1.29, 1.82) is 0 Å². The maximum atomic E-state index is 13.0. The van der Waals surface area contributed by atoms with Crippen molar-refractivity contribution in [2.75, 3.05) is 11.9 Å². The van der Waals surface area contributed by atoms with Gasteiger partial charge in [0.1, 0.15) is 0 Å². The van der Waals surface area contributed by atoms with E-state index in [1.54, 1.807) is 4.68 Å². The minimum absolute atomic E-state index is 0.0983. The van der Waals surface area contributed by atoms with Crippen LogP contribution in [0.5, 0.6) is 5.88 Å². The lowest BCUT2D eigenvalue weighted by atomic mass is 9.88. The molecule has 2 heterocycles. The Hall–Kier alpha value is -2.55. The van der Waals surface area contributed by atoms with E-state index in [1.807, 2.05) is 0 Å². The van der Waals surface area contributed by atoms with E-state index < -0.39 is 16.1 Å². The monoisotopic (exact) mass is 444 g/mol. The molecule has 5 rings (SSSR count). The number of ether oxygens (including phenoxy) is 1. The number of carbonyl (C=O) groups excluding carboxylic acids is 1. The number of nitrogens with one attached hydrogen (secondary N) is 2. The average Bonchev–Trinajstić information content (AvgIpc) is 3.46. The van der Waals surface area contributed by atoms with Crippen LogP contribution in [0.1, 0.15) is 55.4 Å². The molecule has 0 bridgehead atoms. The maximum absolute atomic E-state index is 13.0. The van der Waals surface area contributed by atoms with Crippen LogP contribution in [-0.4, -0.2) is 30.8 Å². The molecular weight excluding hydrogens is 416 g/mol. The second-order valence-corrected chi connectivity index (χ2v) is 10.9. The molecule has 0 fully saturated rings. The van der Waals surface area contributed by atoms with Gasteiger partial charge in [0.25, 0.3) is 10.0 Å². The number of sulfonamides is 1. The minimum Gasteiger partial charge on any atom is -0.476 e. The third-order valence-corrected chi connectivity index (χ3v) is 8.24. The molecule has 1 unspecified atom stereocenters. The van der Waals surface area contributed by atoms with E-state index >= 15 is 0 Å². The lowest BCUT2D eigenvalue weighted by molar-refractivity contribution is 0.0782. The number of aromatic nitrogens is 2. The summed E-state index contributed by atoms with van der Waals surface area (Å²) in [6.45, 7) is 5.13. The van der Waals surface area contributed by atoms with Crippen LogP contribution in [0.4, 0.5) is 10.5 Å². The summed E-state index contributed by atoms with van der Waals surface area (Å²) in [6.07, 6.45) is 8.09. The molecule has 0 saturated carbocycles. The zero-order chi connectivity index (χ0) is 21.8. The summed E-state index contributed by atoms with van der Waals surface area (Å²) in [6, 6.07) is 1.52. The van der Waals surface area contributed by atoms with E-state index in [-0.39, 0.29) is 16.2 Å². The SMILES string of the molecule is CCC1(C)COc2c(S(=O)(=O)NC(=O)Nc3c4c(cc5c3CCC5)CCC4)cnn2C1. The summed E-state index contributed by atoms with van der Waals surface area (Å²) in [7, 11) is -4.12. The Kier molecular flexibility index (Phi) is 4.76. The van der Waals surface area contributed by atoms with Gasteiger partial charge in [-0.2, -0.15) is 5.10 Å². The second-order valence-electron chi connectivity index (χ2n) is 9.22. The van der Waals surface area contributed by atoms with E-state index in [1.165, 1.54) is 17.3 Å². The topological polar surface area (TPSA) is 102 Å². The molecule has 0 radical (unpaired) electrons. The largest absolute Gasteiger partial charge is 0.476 e. The standard InChI is InChI=1S/C22H28N4O4S/c1-3-22(2)12-26-20(30-13-22)18(11-23-26)31(28,29)25-21(27)24-19-16-8-4-6-14(16)10-15-7-5-9-17(15)19/h10-11H,3-9,12-13H2,1-2H3,(H2,24,25,27). The highest BCUT2D eigenvalue weighted by atomic mass is 32.2. The van der Waals surface area contributed by atoms with Crippen molar-refractivity contribution in [3.63, 3.8) is 0 Å². The second kappa shape index (κ2) is 7.25. The summed E-state index contributed by atoms with van der Waals surface area (Å²) < 4.78 is 35.4. The van der Waals surface area contributed by atoms with Gasteiger partial charge in [0.05, 0.1) is 19.3 Å². The quantitative estimate of drug-likeness (QED) is 0.754. The molecule has 166 valence electrons. The zero-order valence-corrected chi connectivity index (χ0v) is 18.8. The normalized spacial score (nSPS) is 21.7. The van der Waals surface area contributed by atoms with Crippen LogP contribution in [0.2, 0.25) is 0 Å². The fourth-order valence-electron chi connectivity index (χ4n) is 4.95. The predicted molar refractivity (Wildman–Crippen MR) is 116 cm³/mol. The van der Waals surface area contributed by atoms with Gasteiger partial charge in [0, 0.05) is 11.1 Å². The van der Waals surface area contributed by atoms with Crippen LogP contribution in [0.25, 0.3) is 0 Å². The maximum Gasteiger partial charge on any atom is 0.333 e. The third-order valence-electron chi connectivity index (χ3n) is 6.93. The first kappa shape index (κ1) is 20.4. The Morgan fingerprint density at radius 3 is 2.52 bits per heavy atom. The smallest absolute Gasteiger partial charge is 0.333 e. The number of amides is 2. The molecule has 0 spiro atoms. The van der Waals surface area contributed by atoms with Crippen molar-refractivity contribution >= 4 is 21.7 Å². The van der Waals surface area contributed by atoms with Gasteiger partial charge >= 0.3 is 6.03 Å². The molecule has 31 heavy (non-hydrogen) atoms. The van der Waals surface area contributed by atoms with Gasteiger partial charge in [-0.1, -0.05) is 19.9 Å². The first-order valence-electron chi connectivity index (χ1n) is 11.0. The van der Waals surface area contributed by atoms with Gasteiger partial charge in [0.2, 0.25) is 5.88 Å². The molecule has 1 atom stereocenters. The molecule has 3 aliphatic rings. The van der Waals surface area contributed by atoms with Gasteiger partial charge in [-0.05, 0) is 67.2 Å². The molecule has 2 amide bonds. The molecule has 1 aromatic carbocycles. The summed E-state index contributed by atoms with van der Waals surface area (Å²) in [5.74, 6) is 0.188. The first-order chi connectivity index (χ1) is 14.8. The van der Waals surface area contributed by atoms with Gasteiger partial charge in [-0.3, -0.25) is 0 Å². The minimum atomic E-state index is -4.12. The number of hydrogen-bond donors (Lipinski definition) is 2. The van der Waals surface area contributed by atoms with Crippen molar-refractivity contribution in [2.24, 2.45) is 5.41 Å². The van der Waals surface area contributed by atoms with Gasteiger partial charge in [-0.15, -0.1) is 0 Å². The van der Waals surface area contributed by atoms with E-state index in [0.717, 1.165) is 61.8 Å². The average molecular weight is 445 g/mol. The van der Waals surface area contributed by atoms with Crippen LogP contribution in [-0.2, 0) is 42.3 Å². The van der Waals surface area contributed by atoms with E-state index in [9.17, 15) is 13.2 Å². The van der Waals surface area contributed by atoms with Crippen molar-refractivity contribution in [1.82, 2.24) is 14.5 Å². The van der Waals surface area contributed by atoms with Gasteiger partial charge in [-0.25, -0.2) is 22.6 Å². The fourth-order valence-corrected chi connectivity index (χ4v) is 5.93. The van der Waals surface area contributed by atoms with E-state index in [2.05, 4.69) is 35.1 Å². The molecule has 2 aliphatic carbocycles. The molecule has 0 saturated heterocycles. The van der Waals surface area contributed by atoms with Crippen molar-refractivity contribution < 1.29 is 17.9 Å². The number of hydrogen-bond acceptors (Lipinski definition) is 5. The Balaban J connectivity index is 1.38. The molecule has 1 aliphatic heterocycles.